The molecule has 3 rings (SSSR count). The van der Waals surface area contributed by atoms with Crippen molar-refractivity contribution in [2.45, 2.75) is 20.4 Å². The Morgan fingerprint density at radius 3 is 2.24 bits per heavy atom. The zero-order valence-corrected chi connectivity index (χ0v) is 14.1. The van der Waals surface area contributed by atoms with Crippen molar-refractivity contribution < 1.29 is 14.4 Å². The van der Waals surface area contributed by atoms with E-state index in [4.69, 9.17) is 0 Å². The van der Waals surface area contributed by atoms with Crippen LogP contribution in [0.25, 0.3) is 10.9 Å². The van der Waals surface area contributed by atoms with Gasteiger partial charge in [0.25, 0.3) is 0 Å². The molecule has 0 radical (unpaired) electrons. The molecule has 0 spiro atoms. The lowest BCUT2D eigenvalue weighted by molar-refractivity contribution is -0.116. The molecule has 1 N–H and O–H groups in total. The Morgan fingerprint density at radius 1 is 0.920 bits per heavy atom. The molecule has 0 aliphatic carbocycles. The number of carbonyl (C=O) groups is 3. The third kappa shape index (κ3) is 3.50. The monoisotopic (exact) mass is 334 g/mol. The van der Waals surface area contributed by atoms with E-state index in [1.54, 1.807) is 35.0 Å². The molecule has 0 aliphatic heterocycles. The first kappa shape index (κ1) is 16.6. The minimum absolute atomic E-state index is 0.0200. The first-order chi connectivity index (χ1) is 12.0. The SMILES string of the molecule is CC(=O)c1ccc(NC(=O)Cn2cc(C(C)=O)c3ccccc32)cc1. The second-order valence-corrected chi connectivity index (χ2v) is 5.93. The second kappa shape index (κ2) is 6.73. The van der Waals surface area contributed by atoms with Gasteiger partial charge in [-0.15, -0.1) is 0 Å². The number of fused-ring (bicyclic) bond motifs is 1. The molecule has 1 aromatic heterocycles. The summed E-state index contributed by atoms with van der Waals surface area (Å²) in [4.78, 5) is 35.4. The number of anilines is 1. The molecular formula is C20H18N2O3. The topological polar surface area (TPSA) is 68.2 Å². The van der Waals surface area contributed by atoms with Crippen molar-refractivity contribution in [3.8, 4) is 0 Å². The van der Waals surface area contributed by atoms with E-state index in [1.165, 1.54) is 13.8 Å². The van der Waals surface area contributed by atoms with Gasteiger partial charge < -0.3 is 9.88 Å². The third-order valence-corrected chi connectivity index (χ3v) is 4.06. The van der Waals surface area contributed by atoms with Gasteiger partial charge in [-0.1, -0.05) is 18.2 Å². The number of nitrogens with zero attached hydrogens (tertiary/aromatic N) is 1. The predicted octanol–water partition coefficient (Wildman–Crippen LogP) is 3.69. The fourth-order valence-corrected chi connectivity index (χ4v) is 2.80. The van der Waals surface area contributed by atoms with Gasteiger partial charge in [-0.2, -0.15) is 0 Å². The van der Waals surface area contributed by atoms with Gasteiger partial charge in [0.2, 0.25) is 5.91 Å². The number of aromatic nitrogens is 1. The lowest BCUT2D eigenvalue weighted by atomic mass is 10.1. The van der Waals surface area contributed by atoms with Crippen LogP contribution in [-0.4, -0.2) is 22.0 Å². The van der Waals surface area contributed by atoms with E-state index in [0.717, 1.165) is 10.9 Å². The molecule has 5 heteroatoms. The van der Waals surface area contributed by atoms with Crippen LogP contribution in [0.3, 0.4) is 0 Å². The standard InChI is InChI=1S/C20H18N2O3/c1-13(23)15-7-9-16(10-8-15)21-20(25)12-22-11-18(14(2)24)17-5-3-4-6-19(17)22/h3-11H,12H2,1-2H3,(H,21,25). The normalized spacial score (nSPS) is 10.6. The molecule has 2 aromatic carbocycles. The van der Waals surface area contributed by atoms with E-state index in [1.807, 2.05) is 24.3 Å². The van der Waals surface area contributed by atoms with Crippen LogP contribution < -0.4 is 5.32 Å². The van der Waals surface area contributed by atoms with Crippen molar-refractivity contribution in [2.75, 3.05) is 5.32 Å². The highest BCUT2D eigenvalue weighted by atomic mass is 16.2. The summed E-state index contributed by atoms with van der Waals surface area (Å²) in [5.74, 6) is -0.255. The average molecular weight is 334 g/mol. The van der Waals surface area contributed by atoms with Crippen molar-refractivity contribution >= 4 is 34.1 Å². The van der Waals surface area contributed by atoms with E-state index >= 15 is 0 Å². The summed E-state index contributed by atoms with van der Waals surface area (Å²) < 4.78 is 1.77. The quantitative estimate of drug-likeness (QED) is 0.724. The van der Waals surface area contributed by atoms with Crippen molar-refractivity contribution in [1.29, 1.82) is 0 Å². The Labute approximate surface area is 145 Å². The summed E-state index contributed by atoms with van der Waals surface area (Å²) in [6, 6.07) is 14.3. The van der Waals surface area contributed by atoms with E-state index in [0.29, 0.717) is 16.8 Å². The van der Waals surface area contributed by atoms with Gasteiger partial charge in [-0.3, -0.25) is 14.4 Å². The van der Waals surface area contributed by atoms with E-state index in [9.17, 15) is 14.4 Å². The molecule has 126 valence electrons. The van der Waals surface area contributed by atoms with Crippen LogP contribution in [0.5, 0.6) is 0 Å². The minimum Gasteiger partial charge on any atom is -0.337 e. The minimum atomic E-state index is -0.202. The van der Waals surface area contributed by atoms with E-state index in [-0.39, 0.29) is 24.0 Å². The third-order valence-electron chi connectivity index (χ3n) is 4.06. The molecule has 25 heavy (non-hydrogen) atoms. The number of nitrogens with one attached hydrogen (secondary N) is 1. The Kier molecular flexibility index (Phi) is 4.48. The zero-order valence-electron chi connectivity index (χ0n) is 14.1. The second-order valence-electron chi connectivity index (χ2n) is 5.93. The first-order valence-electron chi connectivity index (χ1n) is 7.95. The van der Waals surface area contributed by atoms with Gasteiger partial charge in [-0.25, -0.2) is 0 Å². The first-order valence-corrected chi connectivity index (χ1v) is 7.95. The molecular weight excluding hydrogens is 316 g/mol. The maximum atomic E-state index is 12.3. The number of hydrogen-bond acceptors (Lipinski definition) is 3. The lowest BCUT2D eigenvalue weighted by Gasteiger charge is -2.08. The molecule has 0 saturated heterocycles. The van der Waals surface area contributed by atoms with Crippen LogP contribution in [0.2, 0.25) is 0 Å². The number of amides is 1. The fraction of sp³-hybridized carbons (Fsp3) is 0.150. The highest BCUT2D eigenvalue weighted by Crippen LogP contribution is 2.22. The number of rotatable bonds is 5. The van der Waals surface area contributed by atoms with E-state index in [2.05, 4.69) is 5.32 Å². The smallest absolute Gasteiger partial charge is 0.244 e. The van der Waals surface area contributed by atoms with Crippen LogP contribution in [0.15, 0.2) is 54.7 Å². The maximum Gasteiger partial charge on any atom is 0.244 e. The molecule has 0 atom stereocenters. The number of ketones is 2. The molecule has 5 nitrogen and oxygen atoms in total. The van der Waals surface area contributed by atoms with Gasteiger partial charge in [0.05, 0.1) is 0 Å². The van der Waals surface area contributed by atoms with Gasteiger partial charge in [0, 0.05) is 33.9 Å². The summed E-state index contributed by atoms with van der Waals surface area (Å²) in [6.45, 7) is 3.11. The highest BCUT2D eigenvalue weighted by Gasteiger charge is 2.13. The Morgan fingerprint density at radius 2 is 1.60 bits per heavy atom. The average Bonchev–Trinajstić information content (AvgIpc) is 2.94. The molecule has 0 bridgehead atoms. The van der Waals surface area contributed by atoms with Crippen molar-refractivity contribution in [3.05, 3.63) is 65.9 Å². The van der Waals surface area contributed by atoms with Gasteiger partial charge in [0.15, 0.2) is 11.6 Å². The molecule has 3 aromatic rings. The van der Waals surface area contributed by atoms with Crippen LogP contribution in [0.4, 0.5) is 5.69 Å². The molecule has 0 saturated carbocycles. The van der Waals surface area contributed by atoms with Gasteiger partial charge in [0.1, 0.15) is 6.54 Å². The summed E-state index contributed by atoms with van der Waals surface area (Å²) in [6.07, 6.45) is 1.71. The zero-order chi connectivity index (χ0) is 18.0. The van der Waals surface area contributed by atoms with Crippen LogP contribution in [0, 0.1) is 0 Å². The molecule has 0 unspecified atom stereocenters. The summed E-state index contributed by atoms with van der Waals surface area (Å²) in [5, 5.41) is 3.65. The maximum absolute atomic E-state index is 12.3. The molecule has 0 aliphatic rings. The van der Waals surface area contributed by atoms with Crippen LogP contribution >= 0.6 is 0 Å². The number of para-hydroxylation sites is 1. The van der Waals surface area contributed by atoms with E-state index < -0.39 is 0 Å². The summed E-state index contributed by atoms with van der Waals surface area (Å²) in [5.41, 5.74) is 2.67. The van der Waals surface area contributed by atoms with Crippen LogP contribution in [0.1, 0.15) is 34.6 Å². The summed E-state index contributed by atoms with van der Waals surface area (Å²) in [7, 11) is 0. The van der Waals surface area contributed by atoms with Gasteiger partial charge >= 0.3 is 0 Å². The largest absolute Gasteiger partial charge is 0.337 e. The fourth-order valence-electron chi connectivity index (χ4n) is 2.80. The van der Waals surface area contributed by atoms with Crippen molar-refractivity contribution in [2.24, 2.45) is 0 Å². The lowest BCUT2D eigenvalue weighted by Crippen LogP contribution is -2.18. The molecule has 1 amide bonds. The summed E-state index contributed by atoms with van der Waals surface area (Å²) >= 11 is 0. The Balaban J connectivity index is 1.80. The van der Waals surface area contributed by atoms with Crippen LogP contribution in [-0.2, 0) is 11.3 Å². The van der Waals surface area contributed by atoms with Crippen molar-refractivity contribution in [3.63, 3.8) is 0 Å². The molecule has 1 heterocycles. The Hall–Kier alpha value is -3.21. The van der Waals surface area contributed by atoms with Crippen molar-refractivity contribution in [1.82, 2.24) is 4.57 Å². The number of carbonyl (C=O) groups excluding carboxylic acids is 3. The Bertz CT molecular complexity index is 968. The number of hydrogen-bond donors (Lipinski definition) is 1. The van der Waals surface area contributed by atoms with Gasteiger partial charge in [-0.05, 0) is 44.2 Å². The number of benzene rings is 2. The molecule has 0 fully saturated rings. The highest BCUT2D eigenvalue weighted by molar-refractivity contribution is 6.07. The predicted molar refractivity (Wildman–Crippen MR) is 97.0 cm³/mol. The number of Topliss-reactive ketones (excluding diaryl/α,β-unsaturated/α-hetero) is 2.